The molecule has 0 spiro atoms. The summed E-state index contributed by atoms with van der Waals surface area (Å²) in [7, 11) is -3.05. The monoisotopic (exact) mass is 317 g/mol. The molecule has 0 radical (unpaired) electrons. The minimum atomic E-state index is -3.05. The zero-order valence-corrected chi connectivity index (χ0v) is 13.0. The van der Waals surface area contributed by atoms with Crippen molar-refractivity contribution in [2.75, 3.05) is 11.5 Å². The second-order valence-corrected chi connectivity index (χ2v) is 8.70. The number of hydrogen-bond donors (Lipinski definition) is 2. The Morgan fingerprint density at radius 2 is 1.81 bits per heavy atom. The van der Waals surface area contributed by atoms with E-state index in [2.05, 4.69) is 5.32 Å². The molecule has 1 aliphatic carbocycles. The number of hydrogen-bond acceptors (Lipinski definition) is 4. The van der Waals surface area contributed by atoms with Crippen LogP contribution in [0, 0.1) is 5.41 Å². The van der Waals surface area contributed by atoms with Crippen molar-refractivity contribution >= 4 is 21.7 Å². The van der Waals surface area contributed by atoms with Crippen LogP contribution < -0.4 is 5.32 Å². The van der Waals surface area contributed by atoms with E-state index in [4.69, 9.17) is 5.11 Å². The normalized spacial score (nSPS) is 27.1. The third kappa shape index (κ3) is 4.69. The molecule has 120 valence electrons. The zero-order chi connectivity index (χ0) is 15.5. The molecule has 0 aromatic heterocycles. The van der Waals surface area contributed by atoms with Crippen molar-refractivity contribution in [1.82, 2.24) is 5.32 Å². The summed E-state index contributed by atoms with van der Waals surface area (Å²) in [6.07, 6.45) is 4.89. The molecule has 7 heteroatoms. The van der Waals surface area contributed by atoms with Crippen LogP contribution in [0.5, 0.6) is 0 Å². The van der Waals surface area contributed by atoms with Crippen LogP contribution in [0.3, 0.4) is 0 Å². The number of sulfone groups is 1. The number of carbonyl (C=O) groups excluding carboxylic acids is 1. The molecular formula is C14H23NO5S. The molecular weight excluding hydrogens is 294 g/mol. The molecule has 1 saturated heterocycles. The van der Waals surface area contributed by atoms with Gasteiger partial charge in [-0.3, -0.25) is 9.59 Å². The van der Waals surface area contributed by atoms with Crippen molar-refractivity contribution in [1.29, 1.82) is 0 Å². The highest BCUT2D eigenvalue weighted by Crippen LogP contribution is 2.44. The van der Waals surface area contributed by atoms with Gasteiger partial charge in [0.2, 0.25) is 5.91 Å². The largest absolute Gasteiger partial charge is 0.481 e. The molecule has 0 aromatic rings. The standard InChI is InChI=1S/C14H23NO5S/c16-12(15-11-4-3-7-21(19,20)10-11)8-14(9-13(17)18)5-1-2-6-14/h11H,1-10H2,(H,15,16)(H,17,18). The fourth-order valence-electron chi connectivity index (χ4n) is 3.62. The van der Waals surface area contributed by atoms with Crippen molar-refractivity contribution in [2.45, 2.75) is 57.4 Å². The average molecular weight is 317 g/mol. The Kier molecular flexibility index (Phi) is 4.91. The Labute approximate surface area is 125 Å². The highest BCUT2D eigenvalue weighted by atomic mass is 32.2. The predicted molar refractivity (Wildman–Crippen MR) is 77.6 cm³/mol. The number of carbonyl (C=O) groups is 2. The Morgan fingerprint density at radius 3 is 2.38 bits per heavy atom. The molecule has 2 rings (SSSR count). The third-order valence-corrected chi connectivity index (χ3v) is 6.38. The van der Waals surface area contributed by atoms with Gasteiger partial charge >= 0.3 is 5.97 Å². The lowest BCUT2D eigenvalue weighted by Crippen LogP contribution is -2.44. The van der Waals surface area contributed by atoms with E-state index in [1.54, 1.807) is 0 Å². The van der Waals surface area contributed by atoms with E-state index in [1.807, 2.05) is 0 Å². The van der Waals surface area contributed by atoms with Gasteiger partial charge in [0, 0.05) is 12.5 Å². The minimum Gasteiger partial charge on any atom is -0.481 e. The summed E-state index contributed by atoms with van der Waals surface area (Å²) < 4.78 is 23.1. The number of aliphatic carboxylic acids is 1. The fraction of sp³-hybridized carbons (Fsp3) is 0.857. The van der Waals surface area contributed by atoms with Crippen LogP contribution in [-0.4, -0.2) is 42.9 Å². The van der Waals surface area contributed by atoms with E-state index in [1.165, 1.54) is 0 Å². The molecule has 21 heavy (non-hydrogen) atoms. The molecule has 1 heterocycles. The highest BCUT2D eigenvalue weighted by molar-refractivity contribution is 7.91. The number of carboxylic acid groups (broad SMARTS) is 1. The van der Waals surface area contributed by atoms with Crippen molar-refractivity contribution in [3.8, 4) is 0 Å². The van der Waals surface area contributed by atoms with Gasteiger partial charge in [-0.15, -0.1) is 0 Å². The summed E-state index contributed by atoms with van der Waals surface area (Å²) >= 11 is 0. The Bertz CT molecular complexity index is 507. The van der Waals surface area contributed by atoms with Crippen LogP contribution in [-0.2, 0) is 19.4 Å². The molecule has 0 aromatic carbocycles. The molecule has 2 aliphatic rings. The van der Waals surface area contributed by atoms with Crippen LogP contribution in [0.25, 0.3) is 0 Å². The van der Waals surface area contributed by atoms with E-state index in [0.717, 1.165) is 25.7 Å². The molecule has 2 N–H and O–H groups in total. The topological polar surface area (TPSA) is 101 Å². The van der Waals surface area contributed by atoms with E-state index >= 15 is 0 Å². The molecule has 1 unspecified atom stereocenters. The van der Waals surface area contributed by atoms with Gasteiger partial charge in [0.25, 0.3) is 0 Å². The molecule has 1 atom stereocenters. The predicted octanol–water partition coefficient (Wildman–Crippen LogP) is 1.10. The third-order valence-electron chi connectivity index (χ3n) is 4.55. The zero-order valence-electron chi connectivity index (χ0n) is 12.1. The summed E-state index contributed by atoms with van der Waals surface area (Å²) in [4.78, 5) is 23.2. The van der Waals surface area contributed by atoms with Crippen LogP contribution >= 0.6 is 0 Å². The Morgan fingerprint density at radius 1 is 1.14 bits per heavy atom. The van der Waals surface area contributed by atoms with Gasteiger partial charge in [-0.2, -0.15) is 0 Å². The van der Waals surface area contributed by atoms with Gasteiger partial charge in [0.1, 0.15) is 0 Å². The van der Waals surface area contributed by atoms with Gasteiger partial charge in [-0.1, -0.05) is 12.8 Å². The first-order valence-electron chi connectivity index (χ1n) is 7.52. The second-order valence-electron chi connectivity index (χ2n) is 6.48. The average Bonchev–Trinajstić information content (AvgIpc) is 2.74. The first-order chi connectivity index (χ1) is 9.80. The van der Waals surface area contributed by atoms with E-state index < -0.39 is 21.2 Å². The summed E-state index contributed by atoms with van der Waals surface area (Å²) in [6, 6.07) is -0.320. The van der Waals surface area contributed by atoms with E-state index in [-0.39, 0.29) is 36.3 Å². The van der Waals surface area contributed by atoms with Crippen LogP contribution in [0.4, 0.5) is 0 Å². The lowest BCUT2D eigenvalue weighted by Gasteiger charge is -2.29. The molecule has 2 fully saturated rings. The fourth-order valence-corrected chi connectivity index (χ4v) is 5.25. The van der Waals surface area contributed by atoms with E-state index in [0.29, 0.717) is 12.8 Å². The molecule has 0 bridgehead atoms. The molecule has 1 saturated carbocycles. The summed E-state index contributed by atoms with van der Waals surface area (Å²) in [6.45, 7) is 0. The van der Waals surface area contributed by atoms with Gasteiger partial charge in [0.15, 0.2) is 9.84 Å². The van der Waals surface area contributed by atoms with E-state index in [9.17, 15) is 18.0 Å². The van der Waals surface area contributed by atoms with Gasteiger partial charge in [0.05, 0.1) is 17.9 Å². The smallest absolute Gasteiger partial charge is 0.303 e. The highest BCUT2D eigenvalue weighted by Gasteiger charge is 2.38. The van der Waals surface area contributed by atoms with Crippen molar-refractivity contribution in [3.63, 3.8) is 0 Å². The first-order valence-corrected chi connectivity index (χ1v) is 9.34. The number of nitrogens with one attached hydrogen (secondary N) is 1. The second kappa shape index (κ2) is 6.34. The SMILES string of the molecule is O=C(O)CC1(CC(=O)NC2CCCS(=O)(=O)C2)CCCC1. The van der Waals surface area contributed by atoms with Gasteiger partial charge < -0.3 is 10.4 Å². The number of rotatable bonds is 5. The summed E-state index contributed by atoms with van der Waals surface area (Å²) in [5, 5.41) is 11.8. The quantitative estimate of drug-likeness (QED) is 0.791. The lowest BCUT2D eigenvalue weighted by molar-refractivity contribution is -0.140. The number of amides is 1. The Hall–Kier alpha value is -1.11. The van der Waals surface area contributed by atoms with Crippen molar-refractivity contribution in [2.24, 2.45) is 5.41 Å². The molecule has 1 aliphatic heterocycles. The summed E-state index contributed by atoms with van der Waals surface area (Å²) in [5.74, 6) is -0.877. The van der Waals surface area contributed by atoms with Crippen molar-refractivity contribution < 1.29 is 23.1 Å². The molecule has 6 nitrogen and oxygen atoms in total. The van der Waals surface area contributed by atoms with Crippen molar-refractivity contribution in [3.05, 3.63) is 0 Å². The molecule has 1 amide bonds. The van der Waals surface area contributed by atoms with Crippen LogP contribution in [0.15, 0.2) is 0 Å². The first kappa shape index (κ1) is 16.3. The maximum absolute atomic E-state index is 12.2. The Balaban J connectivity index is 1.92. The lowest BCUT2D eigenvalue weighted by atomic mass is 9.79. The van der Waals surface area contributed by atoms with Crippen LogP contribution in [0.1, 0.15) is 51.4 Å². The maximum Gasteiger partial charge on any atom is 0.303 e. The van der Waals surface area contributed by atoms with Gasteiger partial charge in [-0.05, 0) is 31.1 Å². The van der Waals surface area contributed by atoms with Gasteiger partial charge in [-0.25, -0.2) is 8.42 Å². The van der Waals surface area contributed by atoms with Crippen LogP contribution in [0.2, 0.25) is 0 Å². The summed E-state index contributed by atoms with van der Waals surface area (Å²) in [5.41, 5.74) is -0.441. The maximum atomic E-state index is 12.2. The number of carboxylic acids is 1. The minimum absolute atomic E-state index is 0.00463.